The number of aliphatic hydroxyl groups excluding tert-OH is 2. The van der Waals surface area contributed by atoms with Crippen molar-refractivity contribution < 1.29 is 15.0 Å². The van der Waals surface area contributed by atoms with E-state index in [1.54, 1.807) is 0 Å². The van der Waals surface area contributed by atoms with Crippen molar-refractivity contribution in [1.29, 1.82) is 0 Å². The van der Waals surface area contributed by atoms with Gasteiger partial charge in [-0.3, -0.25) is 9.79 Å². The third-order valence-corrected chi connectivity index (χ3v) is 7.01. The van der Waals surface area contributed by atoms with Crippen molar-refractivity contribution >= 4 is 23.5 Å². The first-order valence-electron chi connectivity index (χ1n) is 10.4. The van der Waals surface area contributed by atoms with E-state index in [-0.39, 0.29) is 17.0 Å². The molecule has 1 aliphatic heterocycles. The van der Waals surface area contributed by atoms with E-state index in [1.165, 1.54) is 19.3 Å². The van der Waals surface area contributed by atoms with E-state index in [1.807, 2.05) is 18.2 Å². The third-order valence-electron chi connectivity index (χ3n) is 6.78. The molecule has 0 spiro atoms. The zero-order valence-corrected chi connectivity index (χ0v) is 17.0. The van der Waals surface area contributed by atoms with Gasteiger partial charge in [0.05, 0.1) is 17.7 Å². The number of aliphatic imine (C=N–C) groups is 1. The predicted octanol–water partition coefficient (Wildman–Crippen LogP) is 3.88. The lowest BCUT2D eigenvalue weighted by atomic mass is 9.81. The van der Waals surface area contributed by atoms with Crippen LogP contribution in [0, 0.1) is 17.8 Å². The Labute approximate surface area is 168 Å². The monoisotopic (exact) mass is 391 g/mol. The van der Waals surface area contributed by atoms with E-state index in [0.717, 1.165) is 37.8 Å². The molecular weight excluding hydrogens is 358 g/mol. The number of carbonyl (C=O) groups excluding carboxylic acids is 1. The van der Waals surface area contributed by atoms with Gasteiger partial charge in [0.15, 0.2) is 5.12 Å². The normalized spacial score (nSPS) is 35.2. The fourth-order valence-electron chi connectivity index (χ4n) is 5.28. The number of aliphatic hydroxyl groups is 2. The summed E-state index contributed by atoms with van der Waals surface area (Å²) >= 11 is 3.83. The molecule has 4 nitrogen and oxygen atoms in total. The quantitative estimate of drug-likeness (QED) is 0.434. The number of carbonyl (C=O) groups is 1. The molecule has 5 heteroatoms. The molecule has 5 unspecified atom stereocenters. The van der Waals surface area contributed by atoms with Gasteiger partial charge in [-0.2, -0.15) is 0 Å². The minimum atomic E-state index is -0.452. The number of hydrogen-bond acceptors (Lipinski definition) is 4. The van der Waals surface area contributed by atoms with Crippen LogP contribution >= 0.6 is 12.6 Å². The van der Waals surface area contributed by atoms with Gasteiger partial charge in [0, 0.05) is 30.4 Å². The average molecular weight is 392 g/mol. The van der Waals surface area contributed by atoms with Crippen LogP contribution in [0.15, 0.2) is 29.8 Å². The zero-order valence-electron chi connectivity index (χ0n) is 16.1. The van der Waals surface area contributed by atoms with Gasteiger partial charge in [-0.05, 0) is 38.0 Å². The minimum absolute atomic E-state index is 0.00555. The van der Waals surface area contributed by atoms with E-state index in [2.05, 4.69) is 19.2 Å². The van der Waals surface area contributed by atoms with Crippen LogP contribution < -0.4 is 0 Å². The lowest BCUT2D eigenvalue weighted by Crippen LogP contribution is -2.27. The van der Waals surface area contributed by atoms with Crippen molar-refractivity contribution in [3.05, 3.63) is 24.8 Å². The first-order chi connectivity index (χ1) is 12.9. The maximum absolute atomic E-state index is 11.0. The van der Waals surface area contributed by atoms with Gasteiger partial charge in [-0.15, -0.1) is 19.2 Å². The highest BCUT2D eigenvalue weighted by molar-refractivity contribution is 7.96. The molecule has 3 rings (SSSR count). The summed E-state index contributed by atoms with van der Waals surface area (Å²) in [5.41, 5.74) is 0.720. The maximum atomic E-state index is 11.0. The molecule has 3 aliphatic rings. The van der Waals surface area contributed by atoms with Gasteiger partial charge in [0.25, 0.3) is 0 Å². The summed E-state index contributed by atoms with van der Waals surface area (Å²) in [5.74, 6) is 0.544. The molecule has 0 amide bonds. The van der Waals surface area contributed by atoms with Crippen LogP contribution in [0.5, 0.6) is 0 Å². The van der Waals surface area contributed by atoms with Gasteiger partial charge < -0.3 is 10.2 Å². The van der Waals surface area contributed by atoms with Gasteiger partial charge >= 0.3 is 0 Å². The van der Waals surface area contributed by atoms with Gasteiger partial charge in [-0.1, -0.05) is 37.5 Å². The van der Waals surface area contributed by atoms with Gasteiger partial charge in [0.2, 0.25) is 0 Å². The number of rotatable bonds is 8. The van der Waals surface area contributed by atoms with Crippen LogP contribution in [0.1, 0.15) is 64.2 Å². The molecule has 2 aliphatic carbocycles. The predicted molar refractivity (Wildman–Crippen MR) is 112 cm³/mol. The number of fused-ring (bicyclic) bond motifs is 1. The fourth-order valence-corrected chi connectivity index (χ4v) is 5.44. The molecule has 150 valence electrons. The second-order valence-corrected chi connectivity index (χ2v) is 9.05. The van der Waals surface area contributed by atoms with Crippen LogP contribution in [-0.4, -0.2) is 38.8 Å². The molecule has 0 radical (unpaired) electrons. The van der Waals surface area contributed by atoms with Crippen molar-refractivity contribution in [2.45, 2.75) is 82.0 Å². The second-order valence-electron chi connectivity index (χ2n) is 8.55. The van der Waals surface area contributed by atoms with Crippen LogP contribution in [0.2, 0.25) is 0 Å². The lowest BCUT2D eigenvalue weighted by Gasteiger charge is -2.26. The van der Waals surface area contributed by atoms with Crippen LogP contribution in [0.3, 0.4) is 0 Å². The van der Waals surface area contributed by atoms with E-state index in [4.69, 9.17) is 4.99 Å². The van der Waals surface area contributed by atoms with Crippen molar-refractivity contribution in [3.63, 3.8) is 0 Å². The molecule has 0 aromatic rings. The summed E-state index contributed by atoms with van der Waals surface area (Å²) < 4.78 is 0. The molecule has 2 N–H and O–H groups in total. The van der Waals surface area contributed by atoms with Crippen LogP contribution in [-0.2, 0) is 4.79 Å². The largest absolute Gasteiger partial charge is 0.392 e. The van der Waals surface area contributed by atoms with Gasteiger partial charge in [-0.25, -0.2) is 0 Å². The summed E-state index contributed by atoms with van der Waals surface area (Å²) in [6.07, 6.45) is 14.3. The first-order valence-corrected chi connectivity index (χ1v) is 10.9. The molecule has 2 fully saturated rings. The average Bonchev–Trinajstić information content (AvgIpc) is 3.12. The number of nitrogens with zero attached hydrogens (tertiary/aromatic N) is 1. The molecule has 0 aromatic heterocycles. The summed E-state index contributed by atoms with van der Waals surface area (Å²) in [7, 11) is 0. The van der Waals surface area contributed by atoms with Gasteiger partial charge in [0.1, 0.15) is 0 Å². The fraction of sp³-hybridized carbons (Fsp3) is 0.727. The Morgan fingerprint density at radius 1 is 1.37 bits per heavy atom. The van der Waals surface area contributed by atoms with E-state index in [9.17, 15) is 15.0 Å². The van der Waals surface area contributed by atoms with E-state index >= 15 is 0 Å². The molecule has 0 aromatic carbocycles. The molecule has 2 saturated carbocycles. The Hall–Kier alpha value is -0.910. The smallest absolute Gasteiger partial charge is 0.185 e. The Bertz CT molecular complexity index is 611. The Balaban J connectivity index is 1.65. The second kappa shape index (κ2) is 9.06. The molecule has 27 heavy (non-hydrogen) atoms. The van der Waals surface area contributed by atoms with Crippen molar-refractivity contribution in [2.75, 3.05) is 0 Å². The van der Waals surface area contributed by atoms with Crippen LogP contribution in [0.4, 0.5) is 0 Å². The summed E-state index contributed by atoms with van der Waals surface area (Å²) in [4.78, 5) is 16.0. The van der Waals surface area contributed by atoms with Crippen molar-refractivity contribution in [2.24, 2.45) is 22.7 Å². The Kier molecular flexibility index (Phi) is 6.98. The Morgan fingerprint density at radius 2 is 2.11 bits per heavy atom. The summed E-state index contributed by atoms with van der Waals surface area (Å²) in [6, 6.07) is 0. The zero-order chi connectivity index (χ0) is 19.4. The number of hydrogen-bond donors (Lipinski definition) is 3. The minimum Gasteiger partial charge on any atom is -0.392 e. The standard InChI is InChI=1S/C22H33NO3S/c1-2-22-14-20(25)17(11-12-19(24)15-7-4-3-5-8-15)18(22)13-16(23-22)9-6-10-21(26)27/h2,11-12,15,17-20,24-25H,1,3-10,13-14H2,(H,26,27)/b12-11+. The summed E-state index contributed by atoms with van der Waals surface area (Å²) in [6.45, 7) is 4.00. The number of thiol groups is 1. The Morgan fingerprint density at radius 3 is 2.78 bits per heavy atom. The molecule has 5 atom stereocenters. The van der Waals surface area contributed by atoms with Crippen LogP contribution in [0.25, 0.3) is 0 Å². The molecule has 1 heterocycles. The van der Waals surface area contributed by atoms with Crippen molar-refractivity contribution in [1.82, 2.24) is 0 Å². The maximum Gasteiger partial charge on any atom is 0.185 e. The molecule has 0 bridgehead atoms. The third kappa shape index (κ3) is 4.75. The summed E-state index contributed by atoms with van der Waals surface area (Å²) in [5, 5.41) is 21.1. The topological polar surface area (TPSA) is 69.9 Å². The van der Waals surface area contributed by atoms with Crippen molar-refractivity contribution in [3.8, 4) is 0 Å². The molecular formula is C22H33NO3S. The highest BCUT2D eigenvalue weighted by Gasteiger charge is 2.53. The first kappa shape index (κ1) is 20.8. The molecule has 0 saturated heterocycles. The van der Waals surface area contributed by atoms with E-state index in [0.29, 0.717) is 18.8 Å². The lowest BCUT2D eigenvalue weighted by molar-refractivity contribution is -0.110. The SMILES string of the molecule is C=CC12CC(O)C(/C=C/C(O)C3CCCCC3)C1CC(CCCC(=O)S)=N2. The highest BCUT2D eigenvalue weighted by atomic mass is 32.1. The highest BCUT2D eigenvalue weighted by Crippen LogP contribution is 2.51. The van der Waals surface area contributed by atoms with E-state index < -0.39 is 17.7 Å².